The summed E-state index contributed by atoms with van der Waals surface area (Å²) in [5.41, 5.74) is 5.72. The van der Waals surface area contributed by atoms with Crippen LogP contribution in [0.15, 0.2) is 30.3 Å². The zero-order valence-electron chi connectivity index (χ0n) is 18.2. The molecule has 1 aliphatic rings. The van der Waals surface area contributed by atoms with E-state index in [1.165, 1.54) is 22.3 Å². The fraction of sp³-hybridized carbons (Fsp3) is 0.520. The fourth-order valence-electron chi connectivity index (χ4n) is 4.20. The highest BCUT2D eigenvalue weighted by Crippen LogP contribution is 2.49. The third-order valence-electron chi connectivity index (χ3n) is 5.41. The van der Waals surface area contributed by atoms with Crippen LogP contribution in [0, 0.1) is 6.92 Å². The molecular weight excluding hydrogens is 348 g/mol. The molecule has 3 heteroatoms. The molecule has 3 nitrogen and oxygen atoms in total. The molecule has 0 fully saturated rings. The Balaban J connectivity index is 2.14. The molecule has 1 aliphatic heterocycles. The van der Waals surface area contributed by atoms with Gasteiger partial charge in [0.15, 0.2) is 0 Å². The van der Waals surface area contributed by atoms with Crippen LogP contribution >= 0.6 is 0 Å². The van der Waals surface area contributed by atoms with Crippen molar-refractivity contribution in [3.8, 4) is 11.5 Å². The van der Waals surface area contributed by atoms with Crippen molar-refractivity contribution in [3.63, 3.8) is 0 Å². The average Bonchev–Trinajstić information content (AvgIpc) is 2.95. The van der Waals surface area contributed by atoms with Crippen molar-refractivity contribution in [3.05, 3.63) is 58.1 Å². The maximum Gasteiger partial charge on any atom is 0.127 e. The van der Waals surface area contributed by atoms with Crippen molar-refractivity contribution < 1.29 is 14.6 Å². The first-order valence-corrected chi connectivity index (χ1v) is 10.3. The maximum absolute atomic E-state index is 9.48. The number of rotatable bonds is 6. The summed E-state index contributed by atoms with van der Waals surface area (Å²) in [5, 5.41) is 9.48. The van der Waals surface area contributed by atoms with E-state index in [1.54, 1.807) is 0 Å². The number of aliphatic hydroxyl groups is 1. The summed E-state index contributed by atoms with van der Waals surface area (Å²) in [6.45, 7) is 13.9. The summed E-state index contributed by atoms with van der Waals surface area (Å²) in [6, 6.07) is 10.3. The van der Waals surface area contributed by atoms with E-state index in [9.17, 15) is 5.11 Å². The Morgan fingerprint density at radius 2 is 1.82 bits per heavy atom. The van der Waals surface area contributed by atoms with Crippen LogP contribution in [-0.2, 0) is 24.9 Å². The van der Waals surface area contributed by atoms with Crippen LogP contribution in [0.5, 0.6) is 11.5 Å². The quantitative estimate of drug-likeness (QED) is 0.716. The van der Waals surface area contributed by atoms with Gasteiger partial charge in [0.1, 0.15) is 23.7 Å². The van der Waals surface area contributed by atoms with Crippen LogP contribution < -0.4 is 9.47 Å². The van der Waals surface area contributed by atoms with Crippen molar-refractivity contribution >= 4 is 0 Å². The van der Waals surface area contributed by atoms with E-state index in [4.69, 9.17) is 9.47 Å². The molecule has 0 bridgehead atoms. The van der Waals surface area contributed by atoms with Crippen LogP contribution in [-0.4, -0.2) is 17.3 Å². The normalized spacial score (nSPS) is 15.2. The molecule has 2 aromatic rings. The summed E-state index contributed by atoms with van der Waals surface area (Å²) in [7, 11) is 0. The zero-order chi connectivity index (χ0) is 20.5. The molecule has 1 heterocycles. The third-order valence-corrected chi connectivity index (χ3v) is 5.41. The van der Waals surface area contributed by atoms with E-state index in [0.29, 0.717) is 6.61 Å². The molecular formula is C25H34O3. The van der Waals surface area contributed by atoms with Gasteiger partial charge in [0.05, 0.1) is 0 Å². The van der Waals surface area contributed by atoms with Gasteiger partial charge in [0, 0.05) is 29.7 Å². The Hall–Kier alpha value is -2.00. The van der Waals surface area contributed by atoms with Crippen LogP contribution in [0.4, 0.5) is 0 Å². The van der Waals surface area contributed by atoms with E-state index in [1.807, 2.05) is 18.2 Å². The summed E-state index contributed by atoms with van der Waals surface area (Å²) in [5.74, 6) is 2.01. The third kappa shape index (κ3) is 4.20. The second-order valence-corrected chi connectivity index (χ2v) is 9.51. The highest BCUT2D eigenvalue weighted by atomic mass is 16.5. The van der Waals surface area contributed by atoms with Crippen molar-refractivity contribution in [2.45, 2.75) is 78.4 Å². The van der Waals surface area contributed by atoms with Gasteiger partial charge in [-0.1, -0.05) is 51.1 Å². The summed E-state index contributed by atoms with van der Waals surface area (Å²) < 4.78 is 12.9. The van der Waals surface area contributed by atoms with Gasteiger partial charge in [-0.15, -0.1) is 0 Å². The molecule has 0 atom stereocenters. The first-order valence-electron chi connectivity index (χ1n) is 10.3. The van der Waals surface area contributed by atoms with E-state index in [2.05, 4.69) is 53.7 Å². The number of ether oxygens (including phenoxy) is 2. The topological polar surface area (TPSA) is 38.7 Å². The Bertz CT molecular complexity index is 829. The van der Waals surface area contributed by atoms with Gasteiger partial charge < -0.3 is 14.6 Å². The standard InChI is InChI=1S/C25H34O3/c1-17-20-15-25(5,6)28-23(20)19(13-10-14-26)21(24(2,3)4)22(17)27-16-18-11-8-7-9-12-18/h7-9,11-12,26H,10,13-16H2,1-6H3. The molecule has 3 rings (SSSR count). The van der Waals surface area contributed by atoms with Crippen LogP contribution in [0.25, 0.3) is 0 Å². The lowest BCUT2D eigenvalue weighted by atomic mass is 9.78. The first-order chi connectivity index (χ1) is 13.1. The molecule has 0 radical (unpaired) electrons. The van der Waals surface area contributed by atoms with E-state index in [-0.39, 0.29) is 17.6 Å². The molecule has 0 aromatic heterocycles. The minimum atomic E-state index is -0.214. The van der Waals surface area contributed by atoms with Crippen LogP contribution in [0.1, 0.15) is 68.9 Å². The molecule has 0 saturated heterocycles. The largest absolute Gasteiger partial charge is 0.488 e. The van der Waals surface area contributed by atoms with Crippen LogP contribution in [0.2, 0.25) is 0 Å². The number of aliphatic hydroxyl groups excluding tert-OH is 1. The molecule has 0 spiro atoms. The predicted molar refractivity (Wildman–Crippen MR) is 114 cm³/mol. The Morgan fingerprint density at radius 3 is 2.43 bits per heavy atom. The fourth-order valence-corrected chi connectivity index (χ4v) is 4.20. The Kier molecular flexibility index (Phi) is 5.77. The number of fused-ring (bicyclic) bond motifs is 1. The molecule has 0 saturated carbocycles. The summed E-state index contributed by atoms with van der Waals surface area (Å²) >= 11 is 0. The first kappa shape index (κ1) is 20.7. The predicted octanol–water partition coefficient (Wildman–Crippen LogP) is 5.51. The van der Waals surface area contributed by atoms with Crippen LogP contribution in [0.3, 0.4) is 0 Å². The second-order valence-electron chi connectivity index (χ2n) is 9.51. The SMILES string of the molecule is Cc1c2c(c(CCCO)c(C(C)(C)C)c1OCc1ccccc1)OC(C)(C)C2. The van der Waals surface area contributed by atoms with E-state index in [0.717, 1.165) is 36.3 Å². The highest BCUT2D eigenvalue weighted by molar-refractivity contribution is 5.63. The van der Waals surface area contributed by atoms with Gasteiger partial charge in [-0.05, 0) is 50.2 Å². The number of hydrogen-bond donors (Lipinski definition) is 1. The highest BCUT2D eigenvalue weighted by Gasteiger charge is 2.38. The maximum atomic E-state index is 9.48. The molecule has 0 aliphatic carbocycles. The van der Waals surface area contributed by atoms with Gasteiger partial charge in [0.2, 0.25) is 0 Å². The van der Waals surface area contributed by atoms with Crippen molar-refractivity contribution in [2.24, 2.45) is 0 Å². The number of hydrogen-bond acceptors (Lipinski definition) is 3. The Labute approximate surface area is 169 Å². The van der Waals surface area contributed by atoms with Gasteiger partial charge in [-0.25, -0.2) is 0 Å². The molecule has 0 unspecified atom stereocenters. The zero-order valence-corrected chi connectivity index (χ0v) is 18.2. The minimum Gasteiger partial charge on any atom is -0.488 e. The van der Waals surface area contributed by atoms with Crippen molar-refractivity contribution in [1.29, 1.82) is 0 Å². The molecule has 28 heavy (non-hydrogen) atoms. The number of benzene rings is 2. The summed E-state index contributed by atoms with van der Waals surface area (Å²) in [6.07, 6.45) is 2.40. The van der Waals surface area contributed by atoms with Gasteiger partial charge in [0.25, 0.3) is 0 Å². The van der Waals surface area contributed by atoms with Crippen molar-refractivity contribution in [1.82, 2.24) is 0 Å². The van der Waals surface area contributed by atoms with Gasteiger partial charge in [-0.3, -0.25) is 0 Å². The lowest BCUT2D eigenvalue weighted by Gasteiger charge is -2.30. The van der Waals surface area contributed by atoms with E-state index < -0.39 is 0 Å². The lowest BCUT2D eigenvalue weighted by molar-refractivity contribution is 0.136. The minimum absolute atomic E-state index is 0.0906. The molecule has 0 amide bonds. The monoisotopic (exact) mass is 382 g/mol. The smallest absolute Gasteiger partial charge is 0.127 e. The van der Waals surface area contributed by atoms with E-state index >= 15 is 0 Å². The Morgan fingerprint density at radius 1 is 1.14 bits per heavy atom. The van der Waals surface area contributed by atoms with Gasteiger partial charge >= 0.3 is 0 Å². The van der Waals surface area contributed by atoms with Crippen molar-refractivity contribution in [2.75, 3.05) is 6.61 Å². The second kappa shape index (κ2) is 7.79. The molecule has 1 N–H and O–H groups in total. The lowest BCUT2D eigenvalue weighted by Crippen LogP contribution is -2.25. The summed E-state index contributed by atoms with van der Waals surface area (Å²) in [4.78, 5) is 0. The molecule has 152 valence electrons. The average molecular weight is 383 g/mol. The molecule has 2 aromatic carbocycles. The van der Waals surface area contributed by atoms with Gasteiger partial charge in [-0.2, -0.15) is 0 Å².